The summed E-state index contributed by atoms with van der Waals surface area (Å²) >= 11 is 6.05. The highest BCUT2D eigenvalue weighted by Gasteiger charge is 2.22. The summed E-state index contributed by atoms with van der Waals surface area (Å²) in [5.74, 6) is -0.460. The molecular formula is C19H29ClN2O4. The van der Waals surface area contributed by atoms with Crippen molar-refractivity contribution in [1.82, 2.24) is 9.80 Å². The van der Waals surface area contributed by atoms with Crippen LogP contribution in [0.3, 0.4) is 0 Å². The molecule has 1 rings (SSSR count). The molecule has 1 aromatic carbocycles. The lowest BCUT2D eigenvalue weighted by molar-refractivity contribution is -0.146. The third-order valence-corrected chi connectivity index (χ3v) is 4.53. The lowest BCUT2D eigenvalue weighted by atomic mass is 10.1. The van der Waals surface area contributed by atoms with Crippen molar-refractivity contribution in [2.24, 2.45) is 5.92 Å². The Morgan fingerprint density at radius 2 is 1.81 bits per heavy atom. The number of halogens is 1. The molecule has 0 N–H and O–H groups in total. The maximum Gasteiger partial charge on any atom is 0.310 e. The number of rotatable bonds is 11. The van der Waals surface area contributed by atoms with Crippen molar-refractivity contribution in [2.45, 2.75) is 20.8 Å². The molecule has 0 aliphatic heterocycles. The van der Waals surface area contributed by atoms with Gasteiger partial charge in [-0.05, 0) is 25.2 Å². The van der Waals surface area contributed by atoms with Crippen LogP contribution < -0.4 is 4.74 Å². The first-order valence-electron chi connectivity index (χ1n) is 8.88. The first-order valence-corrected chi connectivity index (χ1v) is 9.25. The number of nitrogens with zero attached hydrogens (tertiary/aromatic N) is 2. The van der Waals surface area contributed by atoms with Gasteiger partial charge in [-0.1, -0.05) is 44.5 Å². The van der Waals surface area contributed by atoms with Crippen LogP contribution in [0.25, 0.3) is 0 Å². The topological polar surface area (TPSA) is 59.1 Å². The van der Waals surface area contributed by atoms with Gasteiger partial charge in [0.2, 0.25) is 0 Å². The Bertz CT molecular complexity index is 578. The van der Waals surface area contributed by atoms with E-state index in [2.05, 4.69) is 18.7 Å². The van der Waals surface area contributed by atoms with Gasteiger partial charge in [0.15, 0.2) is 6.61 Å². The average molecular weight is 385 g/mol. The Balaban J connectivity index is 2.72. The van der Waals surface area contributed by atoms with E-state index in [-0.39, 0.29) is 18.5 Å². The third-order valence-electron chi connectivity index (χ3n) is 4.22. The summed E-state index contributed by atoms with van der Waals surface area (Å²) in [6, 6.07) is 7.01. The lowest BCUT2D eigenvalue weighted by Crippen LogP contribution is -2.44. The standard InChI is InChI=1S/C19H29ClN2O4/c1-5-21(6-2)11-12-22(13-15(3)19(24)25-4)18(23)14-26-17-10-8-7-9-16(17)20/h7-10,15H,5-6,11-14H2,1-4H3. The third kappa shape index (κ3) is 7.22. The van der Waals surface area contributed by atoms with Crippen LogP contribution in [0.15, 0.2) is 24.3 Å². The summed E-state index contributed by atoms with van der Waals surface area (Å²) in [6.45, 7) is 9.13. The fraction of sp³-hybridized carbons (Fsp3) is 0.579. The van der Waals surface area contributed by atoms with E-state index < -0.39 is 5.92 Å². The maximum atomic E-state index is 12.7. The van der Waals surface area contributed by atoms with Crippen molar-refractivity contribution in [1.29, 1.82) is 0 Å². The van der Waals surface area contributed by atoms with E-state index in [1.165, 1.54) is 7.11 Å². The normalized spacial score (nSPS) is 11.9. The molecule has 0 aromatic heterocycles. The molecule has 1 atom stereocenters. The molecular weight excluding hydrogens is 356 g/mol. The molecule has 0 saturated heterocycles. The molecule has 0 bridgehead atoms. The summed E-state index contributed by atoms with van der Waals surface area (Å²) in [4.78, 5) is 28.2. The highest BCUT2D eigenvalue weighted by Crippen LogP contribution is 2.23. The molecule has 0 aliphatic rings. The number of amides is 1. The summed E-state index contributed by atoms with van der Waals surface area (Å²) in [5, 5.41) is 0.456. The van der Waals surface area contributed by atoms with E-state index in [1.807, 2.05) is 0 Å². The van der Waals surface area contributed by atoms with Gasteiger partial charge in [0.1, 0.15) is 5.75 Å². The molecule has 1 aromatic rings. The molecule has 0 aliphatic carbocycles. The number of esters is 1. The van der Waals surface area contributed by atoms with Gasteiger partial charge in [-0.3, -0.25) is 9.59 Å². The van der Waals surface area contributed by atoms with E-state index in [4.69, 9.17) is 21.1 Å². The van der Waals surface area contributed by atoms with Crippen LogP contribution in [-0.2, 0) is 14.3 Å². The fourth-order valence-electron chi connectivity index (χ4n) is 2.52. The lowest BCUT2D eigenvalue weighted by Gasteiger charge is -2.28. The van der Waals surface area contributed by atoms with Gasteiger partial charge >= 0.3 is 5.97 Å². The number of carbonyl (C=O) groups is 2. The summed E-state index contributed by atoms with van der Waals surface area (Å²) in [6.07, 6.45) is 0. The molecule has 0 spiro atoms. The molecule has 146 valence electrons. The molecule has 26 heavy (non-hydrogen) atoms. The van der Waals surface area contributed by atoms with Crippen molar-refractivity contribution in [3.05, 3.63) is 29.3 Å². The Morgan fingerprint density at radius 1 is 1.15 bits per heavy atom. The van der Waals surface area contributed by atoms with Crippen LogP contribution in [0.4, 0.5) is 0 Å². The first kappa shape index (κ1) is 22.3. The zero-order valence-corrected chi connectivity index (χ0v) is 16.8. The van der Waals surface area contributed by atoms with E-state index in [0.29, 0.717) is 23.9 Å². The van der Waals surface area contributed by atoms with Crippen molar-refractivity contribution >= 4 is 23.5 Å². The molecule has 6 nitrogen and oxygen atoms in total. The van der Waals surface area contributed by atoms with Gasteiger partial charge in [-0.2, -0.15) is 0 Å². The second-order valence-corrected chi connectivity index (χ2v) is 6.42. The molecule has 0 radical (unpaired) electrons. The highest BCUT2D eigenvalue weighted by atomic mass is 35.5. The first-order chi connectivity index (χ1) is 12.4. The Kier molecular flexibility index (Phi) is 10.1. The number of ether oxygens (including phenoxy) is 2. The van der Waals surface area contributed by atoms with Crippen molar-refractivity contribution in [2.75, 3.05) is 46.4 Å². The number of para-hydroxylation sites is 1. The van der Waals surface area contributed by atoms with Gasteiger partial charge < -0.3 is 19.3 Å². The quantitative estimate of drug-likeness (QED) is 0.549. The number of methoxy groups -OCH3 is 1. The molecule has 7 heteroatoms. The van der Waals surface area contributed by atoms with Crippen molar-refractivity contribution < 1.29 is 19.1 Å². The largest absolute Gasteiger partial charge is 0.482 e. The predicted molar refractivity (Wildman–Crippen MR) is 102 cm³/mol. The number of likely N-dealkylation sites (N-methyl/N-ethyl adjacent to an activating group) is 1. The SMILES string of the molecule is CCN(CC)CCN(CC(C)C(=O)OC)C(=O)COc1ccccc1Cl. The van der Waals surface area contributed by atoms with Crippen LogP contribution in [0.2, 0.25) is 5.02 Å². The highest BCUT2D eigenvalue weighted by molar-refractivity contribution is 6.32. The number of benzene rings is 1. The molecule has 1 unspecified atom stereocenters. The monoisotopic (exact) mass is 384 g/mol. The number of hydrogen-bond donors (Lipinski definition) is 0. The van der Waals surface area contributed by atoms with Gasteiger partial charge in [0.05, 0.1) is 18.1 Å². The molecule has 1 amide bonds. The van der Waals surface area contributed by atoms with E-state index in [1.54, 1.807) is 36.1 Å². The average Bonchev–Trinajstić information content (AvgIpc) is 2.65. The second-order valence-electron chi connectivity index (χ2n) is 6.01. The van der Waals surface area contributed by atoms with Crippen molar-refractivity contribution in [3.8, 4) is 5.75 Å². The van der Waals surface area contributed by atoms with Crippen LogP contribution >= 0.6 is 11.6 Å². The molecule has 0 saturated carbocycles. The second kappa shape index (κ2) is 11.8. The van der Waals surface area contributed by atoms with Crippen LogP contribution in [0, 0.1) is 5.92 Å². The Labute approximate surface area is 161 Å². The van der Waals surface area contributed by atoms with Crippen LogP contribution in [-0.4, -0.2) is 68.1 Å². The van der Waals surface area contributed by atoms with Crippen LogP contribution in [0.1, 0.15) is 20.8 Å². The van der Waals surface area contributed by atoms with E-state index in [0.717, 1.165) is 19.6 Å². The number of carbonyl (C=O) groups excluding carboxylic acids is 2. The van der Waals surface area contributed by atoms with Gasteiger partial charge in [0, 0.05) is 19.6 Å². The Hall–Kier alpha value is -1.79. The molecule has 0 fully saturated rings. The van der Waals surface area contributed by atoms with Gasteiger partial charge in [0.25, 0.3) is 5.91 Å². The van der Waals surface area contributed by atoms with E-state index >= 15 is 0 Å². The minimum atomic E-state index is -0.402. The van der Waals surface area contributed by atoms with Gasteiger partial charge in [-0.15, -0.1) is 0 Å². The van der Waals surface area contributed by atoms with E-state index in [9.17, 15) is 9.59 Å². The zero-order valence-electron chi connectivity index (χ0n) is 16.0. The Morgan fingerprint density at radius 3 is 2.38 bits per heavy atom. The zero-order chi connectivity index (χ0) is 19.5. The van der Waals surface area contributed by atoms with Gasteiger partial charge in [-0.25, -0.2) is 0 Å². The summed E-state index contributed by atoms with van der Waals surface area (Å²) < 4.78 is 10.3. The fourth-order valence-corrected chi connectivity index (χ4v) is 2.71. The van der Waals surface area contributed by atoms with Crippen molar-refractivity contribution in [3.63, 3.8) is 0 Å². The number of hydrogen-bond acceptors (Lipinski definition) is 5. The molecule has 0 heterocycles. The smallest absolute Gasteiger partial charge is 0.310 e. The predicted octanol–water partition coefficient (Wildman–Crippen LogP) is 2.70. The summed E-state index contributed by atoms with van der Waals surface area (Å²) in [5.41, 5.74) is 0. The minimum Gasteiger partial charge on any atom is -0.482 e. The van der Waals surface area contributed by atoms with Crippen LogP contribution in [0.5, 0.6) is 5.75 Å². The summed E-state index contributed by atoms with van der Waals surface area (Å²) in [7, 11) is 1.35. The maximum absolute atomic E-state index is 12.7. The minimum absolute atomic E-state index is 0.129.